The van der Waals surface area contributed by atoms with Crippen LogP contribution in [0.1, 0.15) is 39.4 Å². The summed E-state index contributed by atoms with van der Waals surface area (Å²) in [5.41, 5.74) is 10.2. The summed E-state index contributed by atoms with van der Waals surface area (Å²) in [5.74, 6) is -0.816. The van der Waals surface area contributed by atoms with E-state index in [1.54, 1.807) is 48.5 Å². The van der Waals surface area contributed by atoms with Crippen LogP contribution in [0.2, 0.25) is 0 Å². The molecule has 3 aromatic rings. The van der Waals surface area contributed by atoms with Gasteiger partial charge in [0.15, 0.2) is 0 Å². The highest BCUT2D eigenvalue weighted by Gasteiger charge is 2.38. The molecular weight excluding hydrogens is 460 g/mol. The summed E-state index contributed by atoms with van der Waals surface area (Å²) in [6, 6.07) is 21.9. The van der Waals surface area contributed by atoms with E-state index in [4.69, 9.17) is 15.6 Å². The van der Waals surface area contributed by atoms with Gasteiger partial charge in [0.05, 0.1) is 17.9 Å². The van der Waals surface area contributed by atoms with Gasteiger partial charge in [0.2, 0.25) is 0 Å². The van der Waals surface area contributed by atoms with Crippen molar-refractivity contribution >= 4 is 29.3 Å². The molecule has 9 heteroatoms. The maximum Gasteiger partial charge on any atom is 0.407 e. The van der Waals surface area contributed by atoms with Gasteiger partial charge in [-0.25, -0.2) is 4.79 Å². The second-order valence-electron chi connectivity index (χ2n) is 8.63. The summed E-state index contributed by atoms with van der Waals surface area (Å²) < 4.78 is 5.29. The van der Waals surface area contributed by atoms with Crippen molar-refractivity contribution < 1.29 is 24.2 Å². The first-order chi connectivity index (χ1) is 17.4. The molecule has 2 atom stereocenters. The van der Waals surface area contributed by atoms with Crippen LogP contribution in [0.5, 0.6) is 0 Å². The van der Waals surface area contributed by atoms with Crippen LogP contribution in [0.15, 0.2) is 72.8 Å². The molecule has 36 heavy (non-hydrogen) atoms. The van der Waals surface area contributed by atoms with E-state index in [2.05, 4.69) is 16.0 Å². The Labute approximate surface area is 208 Å². The molecule has 1 aliphatic carbocycles. The molecule has 0 heterocycles. The number of ether oxygens (including phenoxy) is 1. The zero-order valence-corrected chi connectivity index (χ0v) is 19.6. The highest BCUT2D eigenvalue weighted by atomic mass is 16.5. The minimum Gasteiger partial charge on any atom is -0.480 e. The van der Waals surface area contributed by atoms with Gasteiger partial charge in [-0.2, -0.15) is 0 Å². The number of benzene rings is 3. The van der Waals surface area contributed by atoms with E-state index in [9.17, 15) is 14.4 Å². The number of alkyl carbamates (subject to hydrolysis) is 1. The summed E-state index contributed by atoms with van der Waals surface area (Å²) >= 11 is 0. The van der Waals surface area contributed by atoms with E-state index in [1.807, 2.05) is 24.3 Å². The molecule has 0 saturated heterocycles. The van der Waals surface area contributed by atoms with Crippen LogP contribution in [-0.2, 0) is 22.7 Å². The summed E-state index contributed by atoms with van der Waals surface area (Å²) in [6.45, 7) is 0.363. The minimum atomic E-state index is -0.861. The van der Waals surface area contributed by atoms with Gasteiger partial charge in [-0.1, -0.05) is 48.5 Å². The highest BCUT2D eigenvalue weighted by Crippen LogP contribution is 2.40. The molecule has 9 nitrogen and oxygen atoms in total. The molecule has 6 N–H and O–H groups in total. The summed E-state index contributed by atoms with van der Waals surface area (Å²) in [4.78, 5) is 35.2. The van der Waals surface area contributed by atoms with Crippen molar-refractivity contribution in [3.8, 4) is 0 Å². The number of rotatable bonds is 10. The quantitative estimate of drug-likeness (QED) is 0.275. The topological polar surface area (TPSA) is 143 Å². The average Bonchev–Trinajstić information content (AvgIpc) is 3.67. The maximum atomic E-state index is 12.4. The van der Waals surface area contributed by atoms with Crippen molar-refractivity contribution in [2.24, 2.45) is 0 Å². The molecule has 3 aromatic carbocycles. The molecule has 0 spiro atoms. The van der Waals surface area contributed by atoms with Gasteiger partial charge >= 0.3 is 12.1 Å². The summed E-state index contributed by atoms with van der Waals surface area (Å²) in [7, 11) is 0. The Morgan fingerprint density at radius 3 is 2.33 bits per heavy atom. The molecule has 0 aromatic heterocycles. The van der Waals surface area contributed by atoms with E-state index in [-0.39, 0.29) is 31.6 Å². The van der Waals surface area contributed by atoms with Gasteiger partial charge < -0.3 is 31.5 Å². The van der Waals surface area contributed by atoms with E-state index >= 15 is 0 Å². The predicted molar refractivity (Wildman–Crippen MR) is 136 cm³/mol. The number of carbonyl (C=O) groups is 3. The molecule has 186 valence electrons. The maximum absolute atomic E-state index is 12.4. The Morgan fingerprint density at radius 2 is 1.64 bits per heavy atom. The van der Waals surface area contributed by atoms with E-state index in [0.717, 1.165) is 23.1 Å². The molecule has 4 rings (SSSR count). The molecule has 0 aliphatic heterocycles. The smallest absolute Gasteiger partial charge is 0.407 e. The second kappa shape index (κ2) is 11.4. The third-order valence-corrected chi connectivity index (χ3v) is 5.95. The lowest BCUT2D eigenvalue weighted by Gasteiger charge is -2.10. The molecule has 2 amide bonds. The molecule has 1 fully saturated rings. The van der Waals surface area contributed by atoms with Crippen molar-refractivity contribution in [1.29, 1.82) is 0 Å². The Morgan fingerprint density at radius 1 is 0.944 bits per heavy atom. The fourth-order valence-corrected chi connectivity index (χ4v) is 3.82. The van der Waals surface area contributed by atoms with Gasteiger partial charge in [-0.15, -0.1) is 0 Å². The lowest BCUT2D eigenvalue weighted by atomic mass is 10.1. The number of nitrogen functional groups attached to an aromatic ring is 1. The van der Waals surface area contributed by atoms with Crippen molar-refractivity contribution in [2.75, 3.05) is 17.6 Å². The van der Waals surface area contributed by atoms with E-state index in [1.165, 1.54) is 0 Å². The number of nitrogens with two attached hydrogens (primary N) is 1. The van der Waals surface area contributed by atoms with Crippen molar-refractivity contribution in [2.45, 2.75) is 31.5 Å². The van der Waals surface area contributed by atoms with Crippen LogP contribution >= 0.6 is 0 Å². The SMILES string of the molecule is Nc1ccccc1NC(=O)c1ccc(CNC(=O)OCc2ccc(C3C[C@@H]3NCC(=O)O)cc2)cc1. The average molecular weight is 489 g/mol. The van der Waals surface area contributed by atoms with Crippen LogP contribution in [0.4, 0.5) is 16.2 Å². The summed E-state index contributed by atoms with van der Waals surface area (Å²) in [6.07, 6.45) is 0.374. The largest absolute Gasteiger partial charge is 0.480 e. The molecule has 0 bridgehead atoms. The number of aliphatic carboxylic acids is 1. The number of carboxylic acids is 1. The number of nitrogens with one attached hydrogen (secondary N) is 3. The van der Waals surface area contributed by atoms with Gasteiger partial charge in [0.25, 0.3) is 5.91 Å². The zero-order valence-electron chi connectivity index (χ0n) is 19.6. The first-order valence-corrected chi connectivity index (χ1v) is 11.6. The van der Waals surface area contributed by atoms with Crippen LogP contribution in [0.3, 0.4) is 0 Å². The highest BCUT2D eigenvalue weighted by molar-refractivity contribution is 6.05. The number of carbonyl (C=O) groups excluding carboxylic acids is 2. The van der Waals surface area contributed by atoms with Crippen molar-refractivity contribution in [3.63, 3.8) is 0 Å². The standard InChI is InChI=1S/C27H28N4O5/c28-22-3-1-2-4-23(22)31-26(34)20-11-5-17(6-12-20)14-30-27(35)36-16-18-7-9-19(10-8-18)21-13-24(21)29-15-25(32)33/h1-12,21,24,29H,13-16,28H2,(H,30,35)(H,31,34)(H,32,33)/t21?,24-/m0/s1. The minimum absolute atomic E-state index is 0.0362. The van der Waals surface area contributed by atoms with Crippen LogP contribution in [-0.4, -0.2) is 35.7 Å². The fraction of sp³-hybridized carbons (Fsp3) is 0.222. The number of anilines is 2. The van der Waals surface area contributed by atoms with Crippen LogP contribution in [0, 0.1) is 0 Å². The van der Waals surface area contributed by atoms with Crippen molar-refractivity contribution in [3.05, 3.63) is 95.1 Å². The Kier molecular flexibility index (Phi) is 7.82. The van der Waals surface area contributed by atoms with Gasteiger partial charge in [0, 0.05) is 24.1 Å². The normalized spacial score (nSPS) is 16.1. The molecule has 1 saturated carbocycles. The first kappa shape index (κ1) is 24.7. The third kappa shape index (κ3) is 6.83. The number of hydrogen-bond acceptors (Lipinski definition) is 6. The molecule has 1 unspecified atom stereocenters. The molecular formula is C27H28N4O5. The van der Waals surface area contributed by atoms with E-state index in [0.29, 0.717) is 22.9 Å². The fourth-order valence-electron chi connectivity index (χ4n) is 3.82. The van der Waals surface area contributed by atoms with Gasteiger partial charge in [-0.3, -0.25) is 9.59 Å². The van der Waals surface area contributed by atoms with Crippen LogP contribution < -0.4 is 21.7 Å². The Balaban J connectivity index is 1.18. The lowest BCUT2D eigenvalue weighted by molar-refractivity contribution is -0.136. The van der Waals surface area contributed by atoms with Gasteiger partial charge in [0.1, 0.15) is 6.61 Å². The third-order valence-electron chi connectivity index (χ3n) is 5.95. The molecule has 1 aliphatic rings. The van der Waals surface area contributed by atoms with E-state index < -0.39 is 12.1 Å². The van der Waals surface area contributed by atoms with Crippen molar-refractivity contribution in [1.82, 2.24) is 10.6 Å². The monoisotopic (exact) mass is 488 g/mol. The Hall–Kier alpha value is -4.37. The predicted octanol–water partition coefficient (Wildman–Crippen LogP) is 3.48. The second-order valence-corrected chi connectivity index (χ2v) is 8.63. The van der Waals surface area contributed by atoms with Gasteiger partial charge in [-0.05, 0) is 47.4 Å². The first-order valence-electron chi connectivity index (χ1n) is 11.6. The number of hydrogen-bond donors (Lipinski definition) is 5. The molecule has 0 radical (unpaired) electrons. The number of carboxylic acid groups (broad SMARTS) is 1. The lowest BCUT2D eigenvalue weighted by Crippen LogP contribution is -2.25. The van der Waals surface area contributed by atoms with Crippen LogP contribution in [0.25, 0.3) is 0 Å². The zero-order chi connectivity index (χ0) is 25.5. The Bertz CT molecular complexity index is 1230. The summed E-state index contributed by atoms with van der Waals surface area (Å²) in [5, 5.41) is 17.2. The number of para-hydroxylation sites is 2. The number of amides is 2.